The summed E-state index contributed by atoms with van der Waals surface area (Å²) in [6.07, 6.45) is 4.25. The zero-order valence-electron chi connectivity index (χ0n) is 8.36. The van der Waals surface area contributed by atoms with Gasteiger partial charge < -0.3 is 10.1 Å². The van der Waals surface area contributed by atoms with E-state index in [9.17, 15) is 0 Å². The molecule has 0 spiro atoms. The number of nitrogens with zero attached hydrogens (tertiary/aromatic N) is 2. The number of aromatic nitrogens is 2. The predicted molar refractivity (Wildman–Crippen MR) is 53.3 cm³/mol. The van der Waals surface area contributed by atoms with Crippen LogP contribution in [0.3, 0.4) is 0 Å². The summed E-state index contributed by atoms with van der Waals surface area (Å²) >= 11 is 0. The second-order valence-electron chi connectivity index (χ2n) is 3.66. The van der Waals surface area contributed by atoms with Crippen molar-refractivity contribution in [2.75, 3.05) is 13.1 Å². The minimum absolute atomic E-state index is 0.250. The van der Waals surface area contributed by atoms with Gasteiger partial charge in [0.05, 0.1) is 6.20 Å². The van der Waals surface area contributed by atoms with Gasteiger partial charge in [-0.05, 0) is 31.9 Å². The average Bonchev–Trinajstić information content (AvgIpc) is 2.19. The van der Waals surface area contributed by atoms with Crippen molar-refractivity contribution in [1.29, 1.82) is 0 Å². The van der Waals surface area contributed by atoms with E-state index >= 15 is 0 Å². The van der Waals surface area contributed by atoms with Crippen LogP contribution in [0.1, 0.15) is 18.4 Å². The van der Waals surface area contributed by atoms with E-state index in [0.29, 0.717) is 5.88 Å². The van der Waals surface area contributed by atoms with Crippen molar-refractivity contribution in [1.82, 2.24) is 15.5 Å². The van der Waals surface area contributed by atoms with Crippen LogP contribution in [0.15, 0.2) is 12.3 Å². The fraction of sp³-hybridized carbons (Fsp3) is 0.600. The molecule has 0 amide bonds. The van der Waals surface area contributed by atoms with Gasteiger partial charge >= 0.3 is 0 Å². The largest absolute Gasteiger partial charge is 0.472 e. The number of hydrogen-bond acceptors (Lipinski definition) is 4. The number of rotatable bonds is 2. The van der Waals surface area contributed by atoms with Crippen molar-refractivity contribution in [2.45, 2.75) is 25.9 Å². The third-order valence-corrected chi connectivity index (χ3v) is 2.31. The molecule has 0 bridgehead atoms. The molecule has 14 heavy (non-hydrogen) atoms. The Hall–Kier alpha value is -1.16. The van der Waals surface area contributed by atoms with Gasteiger partial charge in [0.15, 0.2) is 0 Å². The second kappa shape index (κ2) is 4.37. The molecule has 0 saturated carbocycles. The maximum Gasteiger partial charge on any atom is 0.233 e. The quantitative estimate of drug-likeness (QED) is 0.758. The summed E-state index contributed by atoms with van der Waals surface area (Å²) in [6.45, 7) is 4.00. The summed E-state index contributed by atoms with van der Waals surface area (Å²) < 4.78 is 5.70. The van der Waals surface area contributed by atoms with E-state index in [4.69, 9.17) is 4.74 Å². The SMILES string of the molecule is Cc1cnnc(OC2CCCNC2)c1. The summed E-state index contributed by atoms with van der Waals surface area (Å²) in [4.78, 5) is 0. The standard InChI is InChI=1S/C10H15N3O/c1-8-5-10(13-12-6-8)14-9-3-2-4-11-7-9/h5-6,9,11H,2-4,7H2,1H3. The molecular formula is C10H15N3O. The molecule has 1 aliphatic rings. The molecule has 1 unspecified atom stereocenters. The van der Waals surface area contributed by atoms with Gasteiger partial charge in [0, 0.05) is 12.6 Å². The van der Waals surface area contributed by atoms with Gasteiger partial charge in [-0.1, -0.05) is 0 Å². The molecule has 4 heteroatoms. The summed E-state index contributed by atoms with van der Waals surface area (Å²) in [5.74, 6) is 0.638. The molecule has 1 aromatic rings. The number of ether oxygens (including phenoxy) is 1. The van der Waals surface area contributed by atoms with E-state index in [0.717, 1.165) is 25.1 Å². The highest BCUT2D eigenvalue weighted by Gasteiger charge is 2.14. The van der Waals surface area contributed by atoms with Crippen molar-refractivity contribution in [3.05, 3.63) is 17.8 Å². The highest BCUT2D eigenvalue weighted by Crippen LogP contribution is 2.12. The van der Waals surface area contributed by atoms with Crippen LogP contribution in [0, 0.1) is 6.92 Å². The van der Waals surface area contributed by atoms with Gasteiger partial charge in [-0.2, -0.15) is 5.10 Å². The number of piperidine rings is 1. The third kappa shape index (κ3) is 2.42. The zero-order chi connectivity index (χ0) is 9.80. The van der Waals surface area contributed by atoms with E-state index in [1.54, 1.807) is 6.20 Å². The first-order valence-electron chi connectivity index (χ1n) is 5.01. The molecule has 1 aromatic heterocycles. The van der Waals surface area contributed by atoms with E-state index in [1.165, 1.54) is 6.42 Å². The Morgan fingerprint density at radius 3 is 3.21 bits per heavy atom. The third-order valence-electron chi connectivity index (χ3n) is 2.31. The Labute approximate surface area is 83.7 Å². The van der Waals surface area contributed by atoms with Crippen LogP contribution < -0.4 is 10.1 Å². The van der Waals surface area contributed by atoms with Crippen molar-refractivity contribution in [3.63, 3.8) is 0 Å². The maximum absolute atomic E-state index is 5.70. The van der Waals surface area contributed by atoms with E-state index < -0.39 is 0 Å². The Morgan fingerprint density at radius 2 is 2.50 bits per heavy atom. The van der Waals surface area contributed by atoms with E-state index in [-0.39, 0.29) is 6.10 Å². The van der Waals surface area contributed by atoms with Crippen LogP contribution in [0.4, 0.5) is 0 Å². The maximum atomic E-state index is 5.70. The Kier molecular flexibility index (Phi) is 2.93. The molecule has 1 aliphatic heterocycles. The van der Waals surface area contributed by atoms with Gasteiger partial charge in [-0.3, -0.25) is 0 Å². The topological polar surface area (TPSA) is 47.0 Å². The number of hydrogen-bond donors (Lipinski definition) is 1. The van der Waals surface area contributed by atoms with E-state index in [1.807, 2.05) is 13.0 Å². The lowest BCUT2D eigenvalue weighted by atomic mass is 10.1. The van der Waals surface area contributed by atoms with Crippen molar-refractivity contribution >= 4 is 0 Å². The monoisotopic (exact) mass is 193 g/mol. The Balaban J connectivity index is 1.95. The minimum atomic E-state index is 0.250. The summed E-state index contributed by atoms with van der Waals surface area (Å²) in [7, 11) is 0. The molecule has 1 N–H and O–H groups in total. The van der Waals surface area contributed by atoms with Crippen LogP contribution in [-0.4, -0.2) is 29.4 Å². The van der Waals surface area contributed by atoms with Gasteiger partial charge in [-0.15, -0.1) is 5.10 Å². The lowest BCUT2D eigenvalue weighted by Gasteiger charge is -2.23. The van der Waals surface area contributed by atoms with Crippen molar-refractivity contribution < 1.29 is 4.74 Å². The average molecular weight is 193 g/mol. The summed E-state index contributed by atoms with van der Waals surface area (Å²) in [5.41, 5.74) is 1.08. The first kappa shape index (κ1) is 9.40. The Morgan fingerprint density at radius 1 is 1.57 bits per heavy atom. The van der Waals surface area contributed by atoms with Crippen LogP contribution >= 0.6 is 0 Å². The molecule has 1 atom stereocenters. The van der Waals surface area contributed by atoms with Crippen LogP contribution in [-0.2, 0) is 0 Å². The smallest absolute Gasteiger partial charge is 0.233 e. The first-order chi connectivity index (χ1) is 6.84. The molecule has 76 valence electrons. The molecule has 0 aromatic carbocycles. The molecular weight excluding hydrogens is 178 g/mol. The molecule has 1 fully saturated rings. The normalized spacial score (nSPS) is 21.9. The fourth-order valence-electron chi connectivity index (χ4n) is 1.59. The number of aryl methyl sites for hydroxylation is 1. The number of nitrogens with one attached hydrogen (secondary N) is 1. The van der Waals surface area contributed by atoms with Gasteiger partial charge in [-0.25, -0.2) is 0 Å². The molecule has 4 nitrogen and oxygen atoms in total. The van der Waals surface area contributed by atoms with Crippen LogP contribution in [0.2, 0.25) is 0 Å². The highest BCUT2D eigenvalue weighted by atomic mass is 16.5. The molecule has 2 heterocycles. The van der Waals surface area contributed by atoms with Crippen LogP contribution in [0.5, 0.6) is 5.88 Å². The van der Waals surface area contributed by atoms with Gasteiger partial charge in [0.2, 0.25) is 5.88 Å². The lowest BCUT2D eigenvalue weighted by Crippen LogP contribution is -2.37. The second-order valence-corrected chi connectivity index (χ2v) is 3.66. The zero-order valence-corrected chi connectivity index (χ0v) is 8.36. The van der Waals surface area contributed by atoms with Crippen molar-refractivity contribution in [2.24, 2.45) is 0 Å². The first-order valence-corrected chi connectivity index (χ1v) is 5.01. The minimum Gasteiger partial charge on any atom is -0.472 e. The van der Waals surface area contributed by atoms with Crippen molar-refractivity contribution in [3.8, 4) is 5.88 Å². The molecule has 2 rings (SSSR count). The molecule has 0 aliphatic carbocycles. The predicted octanol–water partition coefficient (Wildman–Crippen LogP) is 0.916. The lowest BCUT2D eigenvalue weighted by molar-refractivity contribution is 0.159. The highest BCUT2D eigenvalue weighted by molar-refractivity contribution is 5.15. The van der Waals surface area contributed by atoms with E-state index in [2.05, 4.69) is 15.5 Å². The molecule has 0 radical (unpaired) electrons. The van der Waals surface area contributed by atoms with Gasteiger partial charge in [0.25, 0.3) is 0 Å². The summed E-state index contributed by atoms with van der Waals surface area (Å²) in [5, 5.41) is 11.1. The van der Waals surface area contributed by atoms with Crippen LogP contribution in [0.25, 0.3) is 0 Å². The summed E-state index contributed by atoms with van der Waals surface area (Å²) in [6, 6.07) is 1.92. The fourth-order valence-corrected chi connectivity index (χ4v) is 1.59. The van der Waals surface area contributed by atoms with Gasteiger partial charge in [0.1, 0.15) is 6.10 Å². The Bertz CT molecular complexity index is 297. The molecule has 1 saturated heterocycles.